The Bertz CT molecular complexity index is 1300. The van der Waals surface area contributed by atoms with Crippen molar-refractivity contribution in [2.24, 2.45) is 0 Å². The summed E-state index contributed by atoms with van der Waals surface area (Å²) in [5.74, 6) is 1.50. The molecule has 0 radical (unpaired) electrons. The Labute approximate surface area is 180 Å². The van der Waals surface area contributed by atoms with Crippen LogP contribution < -0.4 is 5.32 Å². The molecule has 6 rings (SSSR count). The van der Waals surface area contributed by atoms with Gasteiger partial charge in [-0.15, -0.1) is 0 Å². The van der Waals surface area contributed by atoms with Crippen molar-refractivity contribution in [3.05, 3.63) is 65.4 Å². The van der Waals surface area contributed by atoms with Crippen LogP contribution in [0.1, 0.15) is 55.7 Å². The summed E-state index contributed by atoms with van der Waals surface area (Å²) in [7, 11) is 0. The molecule has 0 saturated heterocycles. The molecule has 1 N–H and O–H groups in total. The van der Waals surface area contributed by atoms with Crippen molar-refractivity contribution >= 4 is 17.2 Å². The Kier molecular flexibility index (Phi) is 4.12. The van der Waals surface area contributed by atoms with E-state index in [1.165, 1.54) is 23.0 Å². The Morgan fingerprint density at radius 2 is 2.03 bits per heavy atom. The number of fused-ring (bicyclic) bond motifs is 3. The summed E-state index contributed by atoms with van der Waals surface area (Å²) in [6.45, 7) is 4.29. The van der Waals surface area contributed by atoms with E-state index in [0.29, 0.717) is 23.9 Å². The highest BCUT2D eigenvalue weighted by Crippen LogP contribution is 2.42. The summed E-state index contributed by atoms with van der Waals surface area (Å²) in [4.78, 5) is 13.5. The van der Waals surface area contributed by atoms with Gasteiger partial charge in [-0.05, 0) is 48.3 Å². The van der Waals surface area contributed by atoms with E-state index in [9.17, 15) is 0 Å². The lowest BCUT2D eigenvalue weighted by atomic mass is 9.88. The number of rotatable bonds is 4. The highest BCUT2D eigenvalue weighted by atomic mass is 15.4. The van der Waals surface area contributed by atoms with Gasteiger partial charge in [-0.2, -0.15) is 29.4 Å². The molecule has 1 aromatic carbocycles. The minimum Gasteiger partial charge on any atom is -0.351 e. The second kappa shape index (κ2) is 7.01. The zero-order valence-corrected chi connectivity index (χ0v) is 17.7. The largest absolute Gasteiger partial charge is 0.351 e. The molecule has 4 aromatic rings. The van der Waals surface area contributed by atoms with E-state index >= 15 is 0 Å². The summed E-state index contributed by atoms with van der Waals surface area (Å²) >= 11 is 0. The Morgan fingerprint density at radius 1 is 1.13 bits per heavy atom. The van der Waals surface area contributed by atoms with Gasteiger partial charge in [0.15, 0.2) is 5.65 Å². The first-order valence-electron chi connectivity index (χ1n) is 10.8. The Balaban J connectivity index is 1.37. The first kappa shape index (κ1) is 18.2. The van der Waals surface area contributed by atoms with Crippen LogP contribution >= 0.6 is 0 Å². The number of aromatic nitrogens is 7. The third-order valence-corrected chi connectivity index (χ3v) is 6.38. The average Bonchev–Trinajstić information content (AvgIpc) is 3.51. The minimum absolute atomic E-state index is 0.290. The smallest absolute Gasteiger partial charge is 0.257 e. The summed E-state index contributed by atoms with van der Waals surface area (Å²) < 4.78 is 3.42. The lowest BCUT2D eigenvalue weighted by Crippen LogP contribution is -2.26. The highest BCUT2D eigenvalue weighted by molar-refractivity contribution is 5.77. The fourth-order valence-electron chi connectivity index (χ4n) is 4.79. The van der Waals surface area contributed by atoms with Gasteiger partial charge in [-0.3, -0.25) is 0 Å². The van der Waals surface area contributed by atoms with E-state index in [4.69, 9.17) is 9.97 Å². The molecular formula is C23H24N8. The first-order chi connectivity index (χ1) is 15.2. The topological polar surface area (TPSA) is 85.8 Å². The summed E-state index contributed by atoms with van der Waals surface area (Å²) in [5.41, 5.74) is 7.87. The third-order valence-electron chi connectivity index (χ3n) is 6.38. The molecule has 0 amide bonds. The molecule has 0 aliphatic heterocycles. The van der Waals surface area contributed by atoms with Crippen molar-refractivity contribution in [1.82, 2.24) is 34.3 Å². The van der Waals surface area contributed by atoms with Crippen molar-refractivity contribution in [3.8, 4) is 5.95 Å². The number of benzene rings is 1. The van der Waals surface area contributed by atoms with Crippen LogP contribution in [0.3, 0.4) is 0 Å². The van der Waals surface area contributed by atoms with Crippen molar-refractivity contribution in [2.45, 2.75) is 51.5 Å². The van der Waals surface area contributed by atoms with E-state index in [1.54, 1.807) is 16.6 Å². The van der Waals surface area contributed by atoms with Crippen LogP contribution in [0.5, 0.6) is 0 Å². The summed E-state index contributed by atoms with van der Waals surface area (Å²) in [6.07, 6.45) is 9.29. The fraction of sp³-hybridized carbons (Fsp3) is 0.348. The Morgan fingerprint density at radius 3 is 2.87 bits per heavy atom. The molecule has 156 valence electrons. The van der Waals surface area contributed by atoms with Crippen molar-refractivity contribution in [2.75, 3.05) is 5.32 Å². The second-order valence-electron chi connectivity index (χ2n) is 8.68. The lowest BCUT2D eigenvalue weighted by Gasteiger charge is -2.26. The number of allylic oxidation sites excluding steroid dienone is 1. The zero-order valence-electron chi connectivity index (χ0n) is 17.7. The van der Waals surface area contributed by atoms with Crippen LogP contribution in [-0.2, 0) is 6.42 Å². The summed E-state index contributed by atoms with van der Waals surface area (Å²) in [6, 6.07) is 9.08. The van der Waals surface area contributed by atoms with Crippen LogP contribution in [0, 0.1) is 0 Å². The maximum atomic E-state index is 4.76. The second-order valence-corrected chi connectivity index (χ2v) is 8.68. The molecule has 0 bridgehead atoms. The van der Waals surface area contributed by atoms with Gasteiger partial charge in [0.05, 0.1) is 6.20 Å². The highest BCUT2D eigenvalue weighted by Gasteiger charge is 2.29. The number of hydrogen-bond donors (Lipinski definition) is 1. The monoisotopic (exact) mass is 412 g/mol. The number of hydrogen-bond acceptors (Lipinski definition) is 6. The predicted octanol–water partition coefficient (Wildman–Crippen LogP) is 3.80. The molecule has 0 saturated carbocycles. The standard InChI is InChI=1S/C23H24N8/c1-14(2)20-11-25-31-21(20)28-22(30-13-24-12-26-30)29-23(31)27-17-8-7-16-9-15-5-3-4-6-18(15)19(16)10-17/h3-6,11-14,17H,7-10H2,1-2H3,(H,27,28,29)/t17-/m1/s1. The maximum absolute atomic E-state index is 4.76. The van der Waals surface area contributed by atoms with Crippen LogP contribution in [0.4, 0.5) is 5.95 Å². The third kappa shape index (κ3) is 3.01. The van der Waals surface area contributed by atoms with E-state index in [0.717, 1.165) is 36.9 Å². The van der Waals surface area contributed by atoms with Gasteiger partial charge in [0.25, 0.3) is 5.95 Å². The van der Waals surface area contributed by atoms with E-state index in [2.05, 4.69) is 58.6 Å². The van der Waals surface area contributed by atoms with Gasteiger partial charge in [0.1, 0.15) is 12.7 Å². The van der Waals surface area contributed by atoms with Crippen LogP contribution in [0.15, 0.2) is 48.7 Å². The quantitative estimate of drug-likeness (QED) is 0.549. The van der Waals surface area contributed by atoms with Crippen LogP contribution in [0.2, 0.25) is 0 Å². The number of nitrogens with zero attached hydrogens (tertiary/aromatic N) is 7. The normalized spacial score (nSPS) is 18.0. The van der Waals surface area contributed by atoms with Crippen molar-refractivity contribution in [3.63, 3.8) is 0 Å². The molecule has 0 fully saturated rings. The molecule has 2 aliphatic carbocycles. The molecule has 0 unspecified atom stereocenters. The van der Waals surface area contributed by atoms with Gasteiger partial charge in [-0.1, -0.05) is 43.7 Å². The Hall–Kier alpha value is -3.55. The van der Waals surface area contributed by atoms with E-state index < -0.39 is 0 Å². The average molecular weight is 413 g/mol. The summed E-state index contributed by atoms with van der Waals surface area (Å²) in [5, 5.41) is 12.5. The minimum atomic E-state index is 0.290. The van der Waals surface area contributed by atoms with Gasteiger partial charge in [0, 0.05) is 11.6 Å². The van der Waals surface area contributed by atoms with Crippen molar-refractivity contribution < 1.29 is 0 Å². The number of anilines is 1. The van der Waals surface area contributed by atoms with Crippen LogP contribution in [-0.4, -0.2) is 40.4 Å². The van der Waals surface area contributed by atoms with Crippen LogP contribution in [0.25, 0.3) is 17.2 Å². The molecule has 2 aliphatic rings. The van der Waals surface area contributed by atoms with Gasteiger partial charge in [0.2, 0.25) is 5.95 Å². The molecule has 0 spiro atoms. The van der Waals surface area contributed by atoms with E-state index in [-0.39, 0.29) is 0 Å². The molecule has 3 heterocycles. The molecule has 8 heteroatoms. The maximum Gasteiger partial charge on any atom is 0.257 e. The van der Waals surface area contributed by atoms with E-state index in [1.807, 2.05) is 10.7 Å². The van der Waals surface area contributed by atoms with Gasteiger partial charge in [-0.25, -0.2) is 4.98 Å². The SMILES string of the molecule is CC(C)c1cnn2c(N[C@@H]3CCC4=C(C3)c3ccccc3C4)nc(-n3cncn3)nc12. The fourth-order valence-corrected chi connectivity index (χ4v) is 4.79. The molecule has 3 aromatic heterocycles. The van der Waals surface area contributed by atoms with Gasteiger partial charge < -0.3 is 5.32 Å². The zero-order chi connectivity index (χ0) is 20.9. The van der Waals surface area contributed by atoms with Gasteiger partial charge >= 0.3 is 0 Å². The number of nitrogens with one attached hydrogen (secondary N) is 1. The lowest BCUT2D eigenvalue weighted by molar-refractivity contribution is 0.623. The molecule has 1 atom stereocenters. The molecular weight excluding hydrogens is 388 g/mol. The molecule has 8 nitrogen and oxygen atoms in total. The first-order valence-corrected chi connectivity index (χ1v) is 10.8. The van der Waals surface area contributed by atoms with Crippen molar-refractivity contribution in [1.29, 1.82) is 0 Å². The molecule has 31 heavy (non-hydrogen) atoms. The predicted molar refractivity (Wildman–Crippen MR) is 118 cm³/mol.